The third-order valence-corrected chi connectivity index (χ3v) is 3.38. The zero-order valence-corrected chi connectivity index (χ0v) is 11.3. The molecule has 0 spiro atoms. The molecule has 1 heterocycles. The first-order valence-electron chi connectivity index (χ1n) is 4.23. The Balaban J connectivity index is 2.78. The number of halogens is 2. The van der Waals surface area contributed by atoms with Crippen molar-refractivity contribution < 1.29 is 19.1 Å². The van der Waals surface area contributed by atoms with Crippen molar-refractivity contribution >= 4 is 48.8 Å². The van der Waals surface area contributed by atoms with E-state index < -0.39 is 5.97 Å². The number of ether oxygens (including phenoxy) is 1. The topological polar surface area (TPSA) is 59.7 Å². The Kier molecular flexibility index (Phi) is 2.94. The standard InChI is InChI=1S/C10H6Br2O4/c1-15-9-5(11)2-4-3-6(10(13)14)16-8(4)7(9)12/h2-3H,1H3,(H,13,14). The summed E-state index contributed by atoms with van der Waals surface area (Å²) in [5.74, 6) is -0.632. The van der Waals surface area contributed by atoms with Gasteiger partial charge in [-0.05, 0) is 44.0 Å². The summed E-state index contributed by atoms with van der Waals surface area (Å²) in [5, 5.41) is 9.51. The number of furan rings is 1. The third-order valence-electron chi connectivity index (χ3n) is 2.07. The second-order valence-corrected chi connectivity index (χ2v) is 4.69. The van der Waals surface area contributed by atoms with Gasteiger partial charge in [0.25, 0.3) is 0 Å². The summed E-state index contributed by atoms with van der Waals surface area (Å²) in [6, 6.07) is 3.21. The van der Waals surface area contributed by atoms with Gasteiger partial charge in [0.2, 0.25) is 5.76 Å². The zero-order valence-electron chi connectivity index (χ0n) is 8.08. The van der Waals surface area contributed by atoms with E-state index in [-0.39, 0.29) is 5.76 Å². The molecule has 0 unspecified atom stereocenters. The third kappa shape index (κ3) is 1.72. The van der Waals surface area contributed by atoms with Crippen molar-refractivity contribution in [2.75, 3.05) is 7.11 Å². The van der Waals surface area contributed by atoms with Crippen molar-refractivity contribution in [2.24, 2.45) is 0 Å². The molecule has 0 saturated carbocycles. The predicted molar refractivity (Wildman–Crippen MR) is 65.1 cm³/mol. The maximum Gasteiger partial charge on any atom is 0.371 e. The monoisotopic (exact) mass is 348 g/mol. The van der Waals surface area contributed by atoms with Crippen LogP contribution in [0.4, 0.5) is 0 Å². The summed E-state index contributed by atoms with van der Waals surface area (Å²) >= 11 is 6.64. The summed E-state index contributed by atoms with van der Waals surface area (Å²) in [5.41, 5.74) is 0.456. The molecule has 0 bridgehead atoms. The number of aromatic carboxylic acids is 1. The van der Waals surface area contributed by atoms with Crippen molar-refractivity contribution in [1.82, 2.24) is 0 Å². The van der Waals surface area contributed by atoms with Gasteiger partial charge in [0.15, 0.2) is 11.3 Å². The Hall–Kier alpha value is -1.01. The molecule has 84 valence electrons. The Labute approximate surface area is 107 Å². The van der Waals surface area contributed by atoms with E-state index >= 15 is 0 Å². The molecule has 1 N–H and O–H groups in total. The van der Waals surface area contributed by atoms with Crippen LogP contribution in [-0.4, -0.2) is 18.2 Å². The zero-order chi connectivity index (χ0) is 11.9. The lowest BCUT2D eigenvalue weighted by Gasteiger charge is -2.05. The molecule has 4 nitrogen and oxygen atoms in total. The Morgan fingerprint density at radius 3 is 2.69 bits per heavy atom. The number of benzene rings is 1. The fourth-order valence-electron chi connectivity index (χ4n) is 1.39. The highest BCUT2D eigenvalue weighted by molar-refractivity contribution is 9.11. The molecule has 1 aromatic carbocycles. The van der Waals surface area contributed by atoms with Crippen LogP contribution in [0.2, 0.25) is 0 Å². The Morgan fingerprint density at radius 2 is 2.12 bits per heavy atom. The van der Waals surface area contributed by atoms with E-state index in [1.807, 2.05) is 0 Å². The van der Waals surface area contributed by atoms with Crippen molar-refractivity contribution in [1.29, 1.82) is 0 Å². The molecular formula is C10H6Br2O4. The fraction of sp³-hybridized carbons (Fsp3) is 0.100. The van der Waals surface area contributed by atoms with Crippen molar-refractivity contribution in [2.45, 2.75) is 0 Å². The van der Waals surface area contributed by atoms with Crippen LogP contribution in [0.5, 0.6) is 5.75 Å². The van der Waals surface area contributed by atoms with E-state index in [1.54, 1.807) is 6.07 Å². The van der Waals surface area contributed by atoms with E-state index in [0.717, 1.165) is 4.47 Å². The molecule has 1 aromatic heterocycles. The minimum Gasteiger partial charge on any atom is -0.494 e. The van der Waals surface area contributed by atoms with Crippen molar-refractivity contribution in [3.8, 4) is 5.75 Å². The van der Waals surface area contributed by atoms with Gasteiger partial charge in [-0.2, -0.15) is 0 Å². The molecule has 0 amide bonds. The van der Waals surface area contributed by atoms with Gasteiger partial charge >= 0.3 is 5.97 Å². The lowest BCUT2D eigenvalue weighted by molar-refractivity contribution is 0.0665. The van der Waals surface area contributed by atoms with Crippen LogP contribution in [0, 0.1) is 0 Å². The summed E-state index contributed by atoms with van der Waals surface area (Å²) in [4.78, 5) is 10.8. The van der Waals surface area contributed by atoms with Gasteiger partial charge < -0.3 is 14.3 Å². The van der Waals surface area contributed by atoms with E-state index in [2.05, 4.69) is 31.9 Å². The fourth-order valence-corrected chi connectivity index (χ4v) is 2.94. The maximum atomic E-state index is 10.8. The van der Waals surface area contributed by atoms with Crippen LogP contribution >= 0.6 is 31.9 Å². The van der Waals surface area contributed by atoms with Crippen LogP contribution in [0.15, 0.2) is 25.5 Å². The first kappa shape index (κ1) is 11.5. The minimum atomic E-state index is -1.10. The number of carbonyl (C=O) groups is 1. The Morgan fingerprint density at radius 1 is 1.44 bits per heavy atom. The molecule has 16 heavy (non-hydrogen) atoms. The normalized spacial score (nSPS) is 10.7. The number of fused-ring (bicyclic) bond motifs is 1. The average Bonchev–Trinajstić information content (AvgIpc) is 2.62. The summed E-state index contributed by atoms with van der Waals surface area (Å²) in [7, 11) is 1.53. The second-order valence-electron chi connectivity index (χ2n) is 3.04. The molecular weight excluding hydrogens is 344 g/mol. The quantitative estimate of drug-likeness (QED) is 0.898. The predicted octanol–water partition coefficient (Wildman–Crippen LogP) is 3.66. The molecule has 0 fully saturated rings. The number of carboxylic acid groups (broad SMARTS) is 1. The number of rotatable bonds is 2. The summed E-state index contributed by atoms with van der Waals surface area (Å²) in [6.07, 6.45) is 0. The van der Waals surface area contributed by atoms with Gasteiger partial charge in [-0.1, -0.05) is 0 Å². The number of hydrogen-bond acceptors (Lipinski definition) is 3. The number of carboxylic acids is 1. The summed E-state index contributed by atoms with van der Waals surface area (Å²) < 4.78 is 11.7. The van der Waals surface area contributed by atoms with Crippen molar-refractivity contribution in [3.63, 3.8) is 0 Å². The molecule has 0 radical (unpaired) electrons. The molecule has 6 heteroatoms. The minimum absolute atomic E-state index is 0.101. The van der Waals surface area contributed by atoms with Crippen LogP contribution in [0.3, 0.4) is 0 Å². The SMILES string of the molecule is COc1c(Br)cc2cc(C(=O)O)oc2c1Br. The van der Waals surface area contributed by atoms with Crippen LogP contribution in [0.1, 0.15) is 10.6 Å². The molecule has 0 aliphatic carbocycles. The largest absolute Gasteiger partial charge is 0.494 e. The van der Waals surface area contributed by atoms with E-state index in [1.165, 1.54) is 13.2 Å². The lowest BCUT2D eigenvalue weighted by atomic mass is 10.2. The molecule has 2 aromatic rings. The highest BCUT2D eigenvalue weighted by atomic mass is 79.9. The van der Waals surface area contributed by atoms with E-state index in [4.69, 9.17) is 14.3 Å². The van der Waals surface area contributed by atoms with Gasteiger partial charge in [-0.15, -0.1) is 0 Å². The van der Waals surface area contributed by atoms with Crippen LogP contribution < -0.4 is 4.74 Å². The molecule has 0 atom stereocenters. The van der Waals surface area contributed by atoms with E-state index in [0.29, 0.717) is 21.2 Å². The van der Waals surface area contributed by atoms with Crippen LogP contribution in [-0.2, 0) is 0 Å². The van der Waals surface area contributed by atoms with Crippen molar-refractivity contribution in [3.05, 3.63) is 26.8 Å². The maximum absolute atomic E-state index is 10.8. The highest BCUT2D eigenvalue weighted by Crippen LogP contribution is 2.40. The lowest BCUT2D eigenvalue weighted by Crippen LogP contribution is -1.91. The second kappa shape index (κ2) is 4.10. The van der Waals surface area contributed by atoms with Gasteiger partial charge in [-0.25, -0.2) is 4.79 Å². The summed E-state index contributed by atoms with van der Waals surface area (Å²) in [6.45, 7) is 0. The van der Waals surface area contributed by atoms with E-state index in [9.17, 15) is 4.79 Å². The molecule has 0 saturated heterocycles. The highest BCUT2D eigenvalue weighted by Gasteiger charge is 2.17. The Bertz CT molecular complexity index is 574. The van der Waals surface area contributed by atoms with Gasteiger partial charge in [-0.3, -0.25) is 0 Å². The number of methoxy groups -OCH3 is 1. The smallest absolute Gasteiger partial charge is 0.371 e. The average molecular weight is 350 g/mol. The van der Waals surface area contributed by atoms with Crippen LogP contribution in [0.25, 0.3) is 11.0 Å². The molecule has 0 aliphatic rings. The molecule has 2 rings (SSSR count). The first-order valence-corrected chi connectivity index (χ1v) is 5.82. The number of hydrogen-bond donors (Lipinski definition) is 1. The first-order chi connectivity index (χ1) is 7.54. The molecule has 0 aliphatic heterocycles. The van der Waals surface area contributed by atoms with Gasteiger partial charge in [0, 0.05) is 5.39 Å². The van der Waals surface area contributed by atoms with Gasteiger partial charge in [0.05, 0.1) is 11.6 Å². The van der Waals surface area contributed by atoms with Gasteiger partial charge in [0.1, 0.15) is 4.47 Å².